The number of amides is 1. The van der Waals surface area contributed by atoms with Crippen LogP contribution >= 0.6 is 22.9 Å². The Balaban J connectivity index is 1.61. The molecule has 152 valence electrons. The van der Waals surface area contributed by atoms with Crippen molar-refractivity contribution in [1.29, 1.82) is 0 Å². The van der Waals surface area contributed by atoms with Crippen molar-refractivity contribution < 1.29 is 17.9 Å². The summed E-state index contributed by atoms with van der Waals surface area (Å²) < 4.78 is 32.7. The lowest BCUT2D eigenvalue weighted by atomic mass is 10.2. The number of sulfonamides is 1. The molecule has 1 amide bonds. The highest BCUT2D eigenvalue weighted by Crippen LogP contribution is 2.22. The Kier molecular flexibility index (Phi) is 6.80. The lowest BCUT2D eigenvalue weighted by Crippen LogP contribution is -2.36. The second-order valence-electron chi connectivity index (χ2n) is 5.95. The fourth-order valence-corrected chi connectivity index (χ4v) is 4.63. The minimum absolute atomic E-state index is 0.0449. The number of halogens is 1. The molecule has 0 aliphatic heterocycles. The van der Waals surface area contributed by atoms with Crippen molar-refractivity contribution >= 4 is 44.0 Å². The maximum Gasteiger partial charge on any atom is 0.270 e. The molecule has 29 heavy (non-hydrogen) atoms. The SMILES string of the molecule is C[C@@H](COc1ccccc1)NS(=O)(=O)c1nnc(NC(=O)c2ccccc2Cl)s1. The largest absolute Gasteiger partial charge is 0.492 e. The summed E-state index contributed by atoms with van der Waals surface area (Å²) in [6.45, 7) is 1.81. The first-order valence-corrected chi connectivity index (χ1v) is 11.1. The third-order valence-corrected chi connectivity index (χ3v) is 6.70. The van der Waals surface area contributed by atoms with Crippen LogP contribution in [0.3, 0.4) is 0 Å². The molecular weight excluding hydrogens is 436 g/mol. The van der Waals surface area contributed by atoms with Crippen LogP contribution in [-0.4, -0.2) is 37.2 Å². The van der Waals surface area contributed by atoms with Crippen LogP contribution in [0.1, 0.15) is 17.3 Å². The van der Waals surface area contributed by atoms with Crippen molar-refractivity contribution in [2.45, 2.75) is 17.3 Å². The van der Waals surface area contributed by atoms with E-state index in [0.29, 0.717) is 5.75 Å². The van der Waals surface area contributed by atoms with Gasteiger partial charge < -0.3 is 4.74 Å². The summed E-state index contributed by atoms with van der Waals surface area (Å²) in [4.78, 5) is 12.3. The summed E-state index contributed by atoms with van der Waals surface area (Å²) in [6, 6.07) is 15.0. The van der Waals surface area contributed by atoms with Crippen molar-refractivity contribution in [1.82, 2.24) is 14.9 Å². The number of nitrogens with one attached hydrogen (secondary N) is 2. The summed E-state index contributed by atoms with van der Waals surface area (Å²) in [5, 5.41) is 10.2. The van der Waals surface area contributed by atoms with Crippen molar-refractivity contribution in [3.8, 4) is 5.75 Å². The van der Waals surface area contributed by atoms with Crippen LogP contribution in [0.4, 0.5) is 5.13 Å². The van der Waals surface area contributed by atoms with Crippen LogP contribution < -0.4 is 14.8 Å². The minimum atomic E-state index is -3.91. The number of hydrogen-bond acceptors (Lipinski definition) is 7. The smallest absolute Gasteiger partial charge is 0.270 e. The first-order chi connectivity index (χ1) is 13.8. The molecule has 0 fully saturated rings. The van der Waals surface area contributed by atoms with Crippen LogP contribution in [0, 0.1) is 0 Å². The summed E-state index contributed by atoms with van der Waals surface area (Å²) in [5.41, 5.74) is 0.249. The number of carbonyl (C=O) groups is 1. The van der Waals surface area contributed by atoms with Gasteiger partial charge >= 0.3 is 0 Å². The Bertz CT molecular complexity index is 1090. The van der Waals surface area contributed by atoms with E-state index in [0.717, 1.165) is 11.3 Å². The normalized spacial score (nSPS) is 12.3. The molecule has 0 spiro atoms. The molecule has 2 aromatic carbocycles. The van der Waals surface area contributed by atoms with Gasteiger partial charge in [0.25, 0.3) is 15.9 Å². The molecule has 0 radical (unpaired) electrons. The van der Waals surface area contributed by atoms with Crippen LogP contribution in [0.25, 0.3) is 0 Å². The second kappa shape index (κ2) is 9.31. The maximum atomic E-state index is 12.5. The third-order valence-electron chi connectivity index (χ3n) is 3.57. The Labute approximate surface area is 176 Å². The van der Waals surface area contributed by atoms with E-state index in [2.05, 4.69) is 20.2 Å². The molecule has 0 aliphatic carbocycles. The van der Waals surface area contributed by atoms with Gasteiger partial charge in [-0.05, 0) is 31.2 Å². The molecule has 1 heterocycles. The van der Waals surface area contributed by atoms with Gasteiger partial charge in [-0.15, -0.1) is 10.2 Å². The second-order valence-corrected chi connectivity index (χ2v) is 9.23. The third kappa shape index (κ3) is 5.73. The zero-order valence-electron chi connectivity index (χ0n) is 15.2. The van der Waals surface area contributed by atoms with Gasteiger partial charge in [0.1, 0.15) is 12.4 Å². The molecule has 0 saturated carbocycles. The Hall–Kier alpha value is -2.53. The van der Waals surface area contributed by atoms with Gasteiger partial charge in [-0.2, -0.15) is 0 Å². The van der Waals surface area contributed by atoms with Crippen LogP contribution in [0.15, 0.2) is 58.9 Å². The van der Waals surface area contributed by atoms with E-state index >= 15 is 0 Å². The molecule has 0 unspecified atom stereocenters. The van der Waals surface area contributed by atoms with Crippen molar-refractivity contribution in [3.05, 3.63) is 65.2 Å². The fraction of sp³-hybridized carbons (Fsp3) is 0.167. The van der Waals surface area contributed by atoms with E-state index in [4.69, 9.17) is 16.3 Å². The first kappa shape index (κ1) is 21.2. The summed E-state index contributed by atoms with van der Waals surface area (Å²) in [5.74, 6) is 0.132. The summed E-state index contributed by atoms with van der Waals surface area (Å²) in [6.07, 6.45) is 0. The van der Waals surface area contributed by atoms with E-state index in [1.54, 1.807) is 43.3 Å². The lowest BCUT2D eigenvalue weighted by molar-refractivity contribution is 0.102. The molecule has 0 aliphatic rings. The average molecular weight is 453 g/mol. The number of hydrogen-bond donors (Lipinski definition) is 2. The minimum Gasteiger partial charge on any atom is -0.492 e. The first-order valence-electron chi connectivity index (χ1n) is 8.45. The topological polar surface area (TPSA) is 110 Å². The molecule has 1 atom stereocenters. The summed E-state index contributed by atoms with van der Waals surface area (Å²) in [7, 11) is -3.91. The van der Waals surface area contributed by atoms with Gasteiger partial charge in [-0.1, -0.05) is 53.3 Å². The van der Waals surface area contributed by atoms with E-state index in [-0.39, 0.29) is 26.7 Å². The lowest BCUT2D eigenvalue weighted by Gasteiger charge is -2.13. The van der Waals surface area contributed by atoms with Crippen molar-refractivity contribution in [3.63, 3.8) is 0 Å². The van der Waals surface area contributed by atoms with Crippen LogP contribution in [0.2, 0.25) is 5.02 Å². The molecule has 8 nitrogen and oxygen atoms in total. The predicted octanol–water partition coefficient (Wildman–Crippen LogP) is 3.19. The van der Waals surface area contributed by atoms with Gasteiger partial charge in [0.15, 0.2) is 0 Å². The molecule has 0 bridgehead atoms. The summed E-state index contributed by atoms with van der Waals surface area (Å²) >= 11 is 6.72. The zero-order chi connectivity index (χ0) is 20.9. The Morgan fingerprint density at radius 3 is 2.55 bits per heavy atom. The molecule has 3 rings (SSSR count). The van der Waals surface area contributed by atoms with Crippen LogP contribution in [0.5, 0.6) is 5.75 Å². The number of anilines is 1. The predicted molar refractivity (Wildman–Crippen MR) is 111 cm³/mol. The number of benzene rings is 2. The van der Waals surface area contributed by atoms with Crippen LogP contribution in [-0.2, 0) is 10.0 Å². The maximum absolute atomic E-state index is 12.5. The van der Waals surface area contributed by atoms with E-state index in [9.17, 15) is 13.2 Å². The molecule has 11 heteroatoms. The fourth-order valence-electron chi connectivity index (χ4n) is 2.27. The number of carbonyl (C=O) groups excluding carboxylic acids is 1. The average Bonchev–Trinajstić information content (AvgIpc) is 3.17. The zero-order valence-corrected chi connectivity index (χ0v) is 17.6. The number of rotatable bonds is 8. The van der Waals surface area contributed by atoms with Crippen molar-refractivity contribution in [2.75, 3.05) is 11.9 Å². The molecular formula is C18H17ClN4O4S2. The highest BCUT2D eigenvalue weighted by atomic mass is 35.5. The standard InChI is InChI=1S/C18H17ClN4O4S2/c1-12(11-27-13-7-3-2-4-8-13)23-29(25,26)18-22-21-17(28-18)20-16(24)14-9-5-6-10-15(14)19/h2-10,12,23H,11H2,1H3,(H,20,21,24)/t12-/m0/s1. The number of aromatic nitrogens is 2. The quantitative estimate of drug-likeness (QED) is 0.508. The van der Waals surface area contributed by atoms with Gasteiger partial charge in [-0.25, -0.2) is 13.1 Å². The van der Waals surface area contributed by atoms with Gasteiger partial charge in [0.2, 0.25) is 9.47 Å². The monoisotopic (exact) mass is 452 g/mol. The molecule has 1 aromatic heterocycles. The molecule has 3 aromatic rings. The number of nitrogens with zero attached hydrogens (tertiary/aromatic N) is 2. The molecule has 0 saturated heterocycles. The van der Waals surface area contributed by atoms with Gasteiger partial charge in [-0.3, -0.25) is 10.1 Å². The number of ether oxygens (including phenoxy) is 1. The van der Waals surface area contributed by atoms with E-state index in [1.165, 1.54) is 0 Å². The highest BCUT2D eigenvalue weighted by molar-refractivity contribution is 7.91. The Morgan fingerprint density at radius 2 is 1.83 bits per heavy atom. The number of para-hydroxylation sites is 1. The van der Waals surface area contributed by atoms with E-state index < -0.39 is 22.0 Å². The van der Waals surface area contributed by atoms with E-state index in [1.807, 2.05) is 18.2 Å². The van der Waals surface area contributed by atoms with Gasteiger partial charge in [0, 0.05) is 0 Å². The highest BCUT2D eigenvalue weighted by Gasteiger charge is 2.23. The Morgan fingerprint density at radius 1 is 1.14 bits per heavy atom. The van der Waals surface area contributed by atoms with Crippen molar-refractivity contribution in [2.24, 2.45) is 0 Å². The molecule has 2 N–H and O–H groups in total. The van der Waals surface area contributed by atoms with Gasteiger partial charge in [0.05, 0.1) is 16.6 Å².